The number of likely N-dealkylation sites (tertiary alicyclic amines) is 1. The van der Waals surface area contributed by atoms with Crippen molar-refractivity contribution >= 4 is 45.7 Å². The molecular weight excluding hydrogens is 404 g/mol. The maximum Gasteiger partial charge on any atom is 0.250 e. The molecule has 0 spiro atoms. The van der Waals surface area contributed by atoms with Crippen LogP contribution in [0.4, 0.5) is 11.6 Å². The number of hydrogen-bond acceptors (Lipinski definition) is 6. The molecule has 0 radical (unpaired) electrons. The largest absolute Gasteiger partial charge is 0.343 e. The van der Waals surface area contributed by atoms with Crippen molar-refractivity contribution in [3.63, 3.8) is 0 Å². The highest BCUT2D eigenvalue weighted by atomic mass is 32.1. The first kappa shape index (κ1) is 20.0. The molecule has 1 saturated heterocycles. The Bertz CT molecular complexity index is 1100. The molecule has 0 atom stereocenters. The predicted octanol–water partition coefficient (Wildman–Crippen LogP) is 2.61. The number of carbonyl (C=O) groups is 3. The summed E-state index contributed by atoms with van der Waals surface area (Å²) in [5.74, 6) is -0.0654. The highest BCUT2D eigenvalue weighted by molar-refractivity contribution is 7.15. The van der Waals surface area contributed by atoms with Crippen LogP contribution in [0.3, 0.4) is 0 Å². The lowest BCUT2D eigenvalue weighted by molar-refractivity contribution is -0.132. The van der Waals surface area contributed by atoms with E-state index in [-0.39, 0.29) is 29.6 Å². The standard InChI is InChI=1S/C20H22N6O3S/c1-12(27)21-16-5-3-14(4-6-16)17-11-30-20-23-19(24-26(17)20)22-18(29)15-7-9-25(10-8-15)13(2)28/h3-6,11,15H,7-10H2,1-2H3,(H,21,27)(H,22,24,29). The quantitative estimate of drug-likeness (QED) is 0.667. The molecule has 1 fully saturated rings. The summed E-state index contributed by atoms with van der Waals surface area (Å²) in [7, 11) is 0. The number of anilines is 2. The fourth-order valence-corrected chi connectivity index (χ4v) is 4.36. The van der Waals surface area contributed by atoms with Crippen molar-refractivity contribution in [2.45, 2.75) is 26.7 Å². The first-order chi connectivity index (χ1) is 14.4. The lowest BCUT2D eigenvalue weighted by Gasteiger charge is -2.30. The molecule has 3 aromatic rings. The molecule has 10 heteroatoms. The van der Waals surface area contributed by atoms with Crippen LogP contribution >= 0.6 is 11.3 Å². The van der Waals surface area contributed by atoms with Crippen LogP contribution in [0, 0.1) is 5.92 Å². The highest BCUT2D eigenvalue weighted by Gasteiger charge is 2.27. The van der Waals surface area contributed by atoms with Crippen molar-refractivity contribution in [1.29, 1.82) is 0 Å². The Kier molecular flexibility index (Phi) is 5.49. The van der Waals surface area contributed by atoms with Gasteiger partial charge in [-0.3, -0.25) is 19.7 Å². The van der Waals surface area contributed by atoms with Gasteiger partial charge in [0, 0.05) is 49.5 Å². The molecule has 3 heterocycles. The Hall–Kier alpha value is -3.27. The summed E-state index contributed by atoms with van der Waals surface area (Å²) in [6.07, 6.45) is 1.28. The van der Waals surface area contributed by atoms with E-state index in [0.29, 0.717) is 30.9 Å². The van der Waals surface area contributed by atoms with Gasteiger partial charge in [0.05, 0.1) is 5.69 Å². The van der Waals surface area contributed by atoms with Crippen molar-refractivity contribution in [1.82, 2.24) is 19.5 Å². The molecule has 30 heavy (non-hydrogen) atoms. The summed E-state index contributed by atoms with van der Waals surface area (Å²) in [6, 6.07) is 7.45. The van der Waals surface area contributed by atoms with Crippen LogP contribution in [0.15, 0.2) is 29.6 Å². The van der Waals surface area contributed by atoms with E-state index in [0.717, 1.165) is 16.9 Å². The molecule has 1 aliphatic heterocycles. The Morgan fingerprint density at radius 3 is 2.40 bits per heavy atom. The molecule has 0 unspecified atom stereocenters. The highest BCUT2D eigenvalue weighted by Crippen LogP contribution is 2.27. The van der Waals surface area contributed by atoms with Crippen molar-refractivity contribution in [3.05, 3.63) is 29.6 Å². The van der Waals surface area contributed by atoms with Crippen LogP contribution in [0.5, 0.6) is 0 Å². The van der Waals surface area contributed by atoms with E-state index in [1.165, 1.54) is 18.3 Å². The van der Waals surface area contributed by atoms with Gasteiger partial charge in [-0.2, -0.15) is 4.98 Å². The zero-order valence-electron chi connectivity index (χ0n) is 16.7. The Labute approximate surface area is 177 Å². The van der Waals surface area contributed by atoms with E-state index >= 15 is 0 Å². The SMILES string of the molecule is CC(=O)Nc1ccc(-c2csc3nc(NC(=O)C4CCN(C(C)=O)CC4)nn23)cc1. The second-order valence-electron chi connectivity index (χ2n) is 7.28. The molecule has 2 aromatic heterocycles. The number of piperidine rings is 1. The van der Waals surface area contributed by atoms with Crippen molar-refractivity contribution in [3.8, 4) is 11.3 Å². The third kappa shape index (κ3) is 4.18. The van der Waals surface area contributed by atoms with Crippen LogP contribution in [0.2, 0.25) is 0 Å². The van der Waals surface area contributed by atoms with Crippen LogP contribution in [0.25, 0.3) is 16.2 Å². The molecule has 3 amide bonds. The molecule has 2 N–H and O–H groups in total. The lowest BCUT2D eigenvalue weighted by atomic mass is 9.96. The summed E-state index contributed by atoms with van der Waals surface area (Å²) < 4.78 is 1.70. The smallest absolute Gasteiger partial charge is 0.250 e. The molecule has 0 bridgehead atoms. The van der Waals surface area contributed by atoms with Gasteiger partial charge in [0.1, 0.15) is 0 Å². The fraction of sp³-hybridized carbons (Fsp3) is 0.350. The lowest BCUT2D eigenvalue weighted by Crippen LogP contribution is -2.40. The monoisotopic (exact) mass is 426 g/mol. The number of fused-ring (bicyclic) bond motifs is 1. The van der Waals surface area contributed by atoms with Gasteiger partial charge in [0.15, 0.2) is 0 Å². The van der Waals surface area contributed by atoms with Crippen LogP contribution in [-0.4, -0.2) is 50.3 Å². The number of hydrogen-bond donors (Lipinski definition) is 2. The van der Waals surface area contributed by atoms with E-state index in [2.05, 4.69) is 20.7 Å². The molecule has 4 rings (SSSR count). The van der Waals surface area contributed by atoms with Gasteiger partial charge < -0.3 is 10.2 Å². The topological polar surface area (TPSA) is 109 Å². The second-order valence-corrected chi connectivity index (χ2v) is 8.12. The average molecular weight is 427 g/mol. The van der Waals surface area contributed by atoms with E-state index < -0.39 is 0 Å². The zero-order valence-corrected chi connectivity index (χ0v) is 17.5. The molecular formula is C20H22N6O3S. The average Bonchev–Trinajstić information content (AvgIpc) is 3.28. The minimum absolute atomic E-state index is 0.0440. The molecule has 1 aromatic carbocycles. The third-order valence-corrected chi connectivity index (χ3v) is 5.94. The molecule has 9 nitrogen and oxygen atoms in total. The normalized spacial score (nSPS) is 14.7. The molecule has 0 saturated carbocycles. The summed E-state index contributed by atoms with van der Waals surface area (Å²) >= 11 is 1.43. The van der Waals surface area contributed by atoms with Crippen molar-refractivity contribution < 1.29 is 14.4 Å². The van der Waals surface area contributed by atoms with Crippen LogP contribution < -0.4 is 10.6 Å². The summed E-state index contributed by atoms with van der Waals surface area (Å²) in [4.78, 5) is 42.0. The van der Waals surface area contributed by atoms with Gasteiger partial charge in [-0.15, -0.1) is 16.4 Å². The first-order valence-electron chi connectivity index (χ1n) is 9.69. The number of carbonyl (C=O) groups excluding carboxylic acids is 3. The van der Waals surface area contributed by atoms with Gasteiger partial charge >= 0.3 is 0 Å². The number of nitrogens with one attached hydrogen (secondary N) is 2. The molecule has 156 valence electrons. The minimum Gasteiger partial charge on any atom is -0.343 e. The maximum absolute atomic E-state index is 12.6. The van der Waals surface area contributed by atoms with E-state index in [1.807, 2.05) is 29.6 Å². The van der Waals surface area contributed by atoms with Gasteiger partial charge in [-0.05, 0) is 25.0 Å². The number of amides is 3. The zero-order chi connectivity index (χ0) is 21.3. The maximum atomic E-state index is 12.6. The first-order valence-corrected chi connectivity index (χ1v) is 10.6. The number of benzene rings is 1. The number of nitrogens with zero attached hydrogens (tertiary/aromatic N) is 4. The number of thiazole rings is 1. The Morgan fingerprint density at radius 2 is 1.77 bits per heavy atom. The van der Waals surface area contributed by atoms with E-state index in [9.17, 15) is 14.4 Å². The molecule has 0 aliphatic carbocycles. The Morgan fingerprint density at radius 1 is 1.07 bits per heavy atom. The van der Waals surface area contributed by atoms with Crippen LogP contribution in [0.1, 0.15) is 26.7 Å². The van der Waals surface area contributed by atoms with Crippen LogP contribution in [-0.2, 0) is 14.4 Å². The van der Waals surface area contributed by atoms with Crippen molar-refractivity contribution in [2.24, 2.45) is 5.92 Å². The van der Waals surface area contributed by atoms with E-state index in [1.54, 1.807) is 16.3 Å². The van der Waals surface area contributed by atoms with Gasteiger partial charge in [-0.1, -0.05) is 12.1 Å². The van der Waals surface area contributed by atoms with Gasteiger partial charge in [0.2, 0.25) is 28.6 Å². The summed E-state index contributed by atoms with van der Waals surface area (Å²) in [5.41, 5.74) is 2.50. The second kappa shape index (κ2) is 8.23. The number of aromatic nitrogens is 3. The minimum atomic E-state index is -0.150. The van der Waals surface area contributed by atoms with Gasteiger partial charge in [-0.25, -0.2) is 4.52 Å². The van der Waals surface area contributed by atoms with Gasteiger partial charge in [0.25, 0.3) is 0 Å². The number of rotatable bonds is 4. The van der Waals surface area contributed by atoms with Crippen molar-refractivity contribution in [2.75, 3.05) is 23.7 Å². The molecule has 1 aliphatic rings. The summed E-state index contributed by atoms with van der Waals surface area (Å²) in [6.45, 7) is 4.21. The predicted molar refractivity (Wildman–Crippen MR) is 114 cm³/mol. The third-order valence-electron chi connectivity index (χ3n) is 5.13. The summed E-state index contributed by atoms with van der Waals surface area (Å²) in [5, 5.41) is 12.0. The fourth-order valence-electron chi connectivity index (χ4n) is 3.53. The van der Waals surface area contributed by atoms with E-state index in [4.69, 9.17) is 0 Å². The Balaban J connectivity index is 1.46.